The largest absolute Gasteiger partial charge is 0.383 e. The zero-order chi connectivity index (χ0) is 13.0. The number of methoxy groups -OCH3 is 1. The normalized spacial score (nSPS) is 15.8. The quantitative estimate of drug-likeness (QED) is 0.835. The van der Waals surface area contributed by atoms with Crippen LogP contribution in [0, 0.1) is 5.82 Å². The maximum absolute atomic E-state index is 13.3. The Balaban J connectivity index is 2.05. The van der Waals surface area contributed by atoms with E-state index < -0.39 is 0 Å². The SMILES string of the molecule is CCNC(COC)CN1CCc2ccc(F)cc21. The Morgan fingerprint density at radius 3 is 3.06 bits per heavy atom. The molecule has 3 nitrogen and oxygen atoms in total. The lowest BCUT2D eigenvalue weighted by Gasteiger charge is -2.26. The fourth-order valence-corrected chi connectivity index (χ4v) is 2.54. The van der Waals surface area contributed by atoms with Crippen LogP contribution in [0.1, 0.15) is 12.5 Å². The summed E-state index contributed by atoms with van der Waals surface area (Å²) in [7, 11) is 1.71. The van der Waals surface area contributed by atoms with Crippen molar-refractivity contribution in [3.63, 3.8) is 0 Å². The predicted octanol–water partition coefficient (Wildman–Crippen LogP) is 1.81. The summed E-state index contributed by atoms with van der Waals surface area (Å²) in [6, 6.07) is 5.36. The summed E-state index contributed by atoms with van der Waals surface area (Å²) in [4.78, 5) is 2.24. The van der Waals surface area contributed by atoms with Gasteiger partial charge < -0.3 is 15.0 Å². The molecule has 0 amide bonds. The number of likely N-dealkylation sites (N-methyl/N-ethyl adjacent to an activating group) is 1. The first kappa shape index (κ1) is 13.3. The van der Waals surface area contributed by atoms with E-state index >= 15 is 0 Å². The molecule has 0 aromatic heterocycles. The first-order valence-corrected chi connectivity index (χ1v) is 6.50. The molecule has 0 radical (unpaired) electrons. The van der Waals surface area contributed by atoms with Crippen molar-refractivity contribution in [2.24, 2.45) is 0 Å². The third-order valence-electron chi connectivity index (χ3n) is 3.34. The minimum Gasteiger partial charge on any atom is -0.383 e. The van der Waals surface area contributed by atoms with Gasteiger partial charge in [-0.1, -0.05) is 13.0 Å². The Morgan fingerprint density at radius 1 is 1.50 bits per heavy atom. The van der Waals surface area contributed by atoms with Crippen molar-refractivity contribution < 1.29 is 9.13 Å². The highest BCUT2D eigenvalue weighted by molar-refractivity contribution is 5.58. The smallest absolute Gasteiger partial charge is 0.125 e. The van der Waals surface area contributed by atoms with Gasteiger partial charge in [-0.25, -0.2) is 4.39 Å². The number of halogens is 1. The molecule has 0 spiro atoms. The zero-order valence-electron chi connectivity index (χ0n) is 11.1. The van der Waals surface area contributed by atoms with Gasteiger partial charge in [0, 0.05) is 31.9 Å². The first-order chi connectivity index (χ1) is 8.74. The summed E-state index contributed by atoms with van der Waals surface area (Å²) >= 11 is 0. The van der Waals surface area contributed by atoms with E-state index in [1.807, 2.05) is 6.07 Å². The van der Waals surface area contributed by atoms with Crippen LogP contribution >= 0.6 is 0 Å². The molecule has 1 unspecified atom stereocenters. The second kappa shape index (κ2) is 6.16. The monoisotopic (exact) mass is 252 g/mol. The van der Waals surface area contributed by atoms with Crippen molar-refractivity contribution in [2.45, 2.75) is 19.4 Å². The molecule has 18 heavy (non-hydrogen) atoms. The summed E-state index contributed by atoms with van der Waals surface area (Å²) in [5, 5.41) is 3.40. The Morgan fingerprint density at radius 2 is 2.33 bits per heavy atom. The number of ether oxygens (including phenoxy) is 1. The predicted molar refractivity (Wildman–Crippen MR) is 71.7 cm³/mol. The van der Waals surface area contributed by atoms with Gasteiger partial charge in [-0.05, 0) is 30.7 Å². The fraction of sp³-hybridized carbons (Fsp3) is 0.571. The number of rotatable bonds is 6. The van der Waals surface area contributed by atoms with Gasteiger partial charge in [0.25, 0.3) is 0 Å². The van der Waals surface area contributed by atoms with Crippen molar-refractivity contribution in [1.82, 2.24) is 5.32 Å². The maximum atomic E-state index is 13.3. The Labute approximate surface area is 108 Å². The molecule has 0 saturated carbocycles. The lowest BCUT2D eigenvalue weighted by atomic mass is 10.1. The van der Waals surface area contributed by atoms with Gasteiger partial charge >= 0.3 is 0 Å². The molecule has 1 heterocycles. The van der Waals surface area contributed by atoms with E-state index in [0.717, 1.165) is 31.7 Å². The van der Waals surface area contributed by atoms with E-state index in [0.29, 0.717) is 6.61 Å². The average molecular weight is 252 g/mol. The summed E-state index contributed by atoms with van der Waals surface area (Å²) in [5.41, 5.74) is 2.28. The van der Waals surface area contributed by atoms with Crippen LogP contribution in [0.5, 0.6) is 0 Å². The molecule has 1 N–H and O–H groups in total. The molecule has 0 bridgehead atoms. The summed E-state index contributed by atoms with van der Waals surface area (Å²) < 4.78 is 18.5. The van der Waals surface area contributed by atoms with Crippen LogP contribution in [0.25, 0.3) is 0 Å². The summed E-state index contributed by atoms with van der Waals surface area (Å²) in [6.45, 7) is 5.50. The molecular weight excluding hydrogens is 231 g/mol. The number of hydrogen-bond donors (Lipinski definition) is 1. The second-order valence-corrected chi connectivity index (χ2v) is 4.68. The van der Waals surface area contributed by atoms with Crippen LogP contribution in [0.3, 0.4) is 0 Å². The minimum atomic E-state index is -0.160. The van der Waals surface area contributed by atoms with E-state index in [1.54, 1.807) is 19.2 Å². The van der Waals surface area contributed by atoms with Crippen LogP contribution in [-0.2, 0) is 11.2 Å². The Bertz CT molecular complexity index is 391. The molecule has 1 aromatic carbocycles. The zero-order valence-corrected chi connectivity index (χ0v) is 11.1. The molecule has 1 atom stereocenters. The highest BCUT2D eigenvalue weighted by Crippen LogP contribution is 2.28. The third-order valence-corrected chi connectivity index (χ3v) is 3.34. The van der Waals surface area contributed by atoms with E-state index in [-0.39, 0.29) is 11.9 Å². The van der Waals surface area contributed by atoms with Gasteiger partial charge in [0.05, 0.1) is 6.61 Å². The van der Waals surface area contributed by atoms with E-state index in [2.05, 4.69) is 17.1 Å². The Hall–Kier alpha value is -1.13. The van der Waals surface area contributed by atoms with Crippen molar-refractivity contribution >= 4 is 5.69 Å². The lowest BCUT2D eigenvalue weighted by molar-refractivity contribution is 0.168. The number of benzene rings is 1. The standard InChI is InChI=1S/C14H21FN2O/c1-3-16-13(10-18-2)9-17-7-6-11-4-5-12(15)8-14(11)17/h4-5,8,13,16H,3,6-7,9-10H2,1-2H3. The van der Waals surface area contributed by atoms with Crippen LogP contribution < -0.4 is 10.2 Å². The number of hydrogen-bond acceptors (Lipinski definition) is 3. The molecule has 1 aliphatic heterocycles. The number of nitrogens with one attached hydrogen (secondary N) is 1. The fourth-order valence-electron chi connectivity index (χ4n) is 2.54. The van der Waals surface area contributed by atoms with Gasteiger partial charge in [0.15, 0.2) is 0 Å². The molecule has 100 valence electrons. The summed E-state index contributed by atoms with van der Waals surface area (Å²) in [5.74, 6) is -0.160. The van der Waals surface area contributed by atoms with Gasteiger partial charge in [0.2, 0.25) is 0 Å². The van der Waals surface area contributed by atoms with Crippen molar-refractivity contribution in [2.75, 3.05) is 38.3 Å². The Kier molecular flexibility index (Phi) is 4.55. The molecule has 4 heteroatoms. The lowest BCUT2D eigenvalue weighted by Crippen LogP contribution is -2.43. The molecular formula is C14H21FN2O. The van der Waals surface area contributed by atoms with Gasteiger partial charge in [-0.15, -0.1) is 0 Å². The maximum Gasteiger partial charge on any atom is 0.125 e. The first-order valence-electron chi connectivity index (χ1n) is 6.50. The van der Waals surface area contributed by atoms with Gasteiger partial charge in [-0.2, -0.15) is 0 Å². The highest BCUT2D eigenvalue weighted by Gasteiger charge is 2.22. The highest BCUT2D eigenvalue weighted by atomic mass is 19.1. The van der Waals surface area contributed by atoms with Crippen molar-refractivity contribution in [3.05, 3.63) is 29.6 Å². The van der Waals surface area contributed by atoms with E-state index in [1.165, 1.54) is 5.56 Å². The number of anilines is 1. The van der Waals surface area contributed by atoms with E-state index in [4.69, 9.17) is 4.74 Å². The van der Waals surface area contributed by atoms with Crippen LogP contribution in [-0.4, -0.2) is 39.4 Å². The average Bonchev–Trinajstić information content (AvgIpc) is 2.73. The molecule has 0 fully saturated rings. The van der Waals surface area contributed by atoms with Crippen LogP contribution in [0.4, 0.5) is 10.1 Å². The number of fused-ring (bicyclic) bond motifs is 1. The molecule has 2 rings (SSSR count). The minimum absolute atomic E-state index is 0.160. The third kappa shape index (κ3) is 3.00. The van der Waals surface area contributed by atoms with Crippen LogP contribution in [0.2, 0.25) is 0 Å². The molecule has 0 saturated heterocycles. The molecule has 0 aliphatic carbocycles. The van der Waals surface area contributed by atoms with E-state index in [9.17, 15) is 4.39 Å². The van der Waals surface area contributed by atoms with Gasteiger partial charge in [0.1, 0.15) is 5.82 Å². The second-order valence-electron chi connectivity index (χ2n) is 4.68. The topological polar surface area (TPSA) is 24.5 Å². The van der Waals surface area contributed by atoms with Gasteiger partial charge in [-0.3, -0.25) is 0 Å². The summed E-state index contributed by atoms with van der Waals surface area (Å²) in [6.07, 6.45) is 1.00. The molecule has 1 aromatic rings. The molecule has 1 aliphatic rings. The van der Waals surface area contributed by atoms with Crippen LogP contribution in [0.15, 0.2) is 18.2 Å². The van der Waals surface area contributed by atoms with Crippen molar-refractivity contribution in [1.29, 1.82) is 0 Å². The van der Waals surface area contributed by atoms with Crippen molar-refractivity contribution in [3.8, 4) is 0 Å². The number of nitrogens with zero attached hydrogens (tertiary/aromatic N) is 1.